The van der Waals surface area contributed by atoms with Crippen LogP contribution in [0, 0.1) is 5.92 Å². The topological polar surface area (TPSA) is 72.7 Å². The summed E-state index contributed by atoms with van der Waals surface area (Å²) >= 11 is 0. The lowest BCUT2D eigenvalue weighted by Crippen LogP contribution is -2.23. The van der Waals surface area contributed by atoms with Gasteiger partial charge >= 0.3 is 0 Å². The van der Waals surface area contributed by atoms with Gasteiger partial charge in [0.2, 0.25) is 0 Å². The number of aliphatic hydroxyl groups is 1. The molecule has 1 saturated carbocycles. The van der Waals surface area contributed by atoms with E-state index in [0.717, 1.165) is 12.5 Å². The zero-order chi connectivity index (χ0) is 11.5. The molecule has 0 saturated heterocycles. The number of benzene rings is 1. The molecule has 4 nitrogen and oxygen atoms in total. The highest BCUT2D eigenvalue weighted by atomic mass is 16.3. The van der Waals surface area contributed by atoms with Crippen molar-refractivity contribution >= 4 is 0 Å². The van der Waals surface area contributed by atoms with Gasteiger partial charge in [-0.15, -0.1) is 0 Å². The van der Waals surface area contributed by atoms with Crippen molar-refractivity contribution < 1.29 is 15.3 Å². The molecule has 0 bridgehead atoms. The van der Waals surface area contributed by atoms with Gasteiger partial charge in [-0.2, -0.15) is 0 Å². The normalized spacial score (nSPS) is 17.3. The highest BCUT2D eigenvalue weighted by Crippen LogP contribution is 2.29. The maximum absolute atomic E-state index is 9.81. The summed E-state index contributed by atoms with van der Waals surface area (Å²) in [6.45, 7) is 1.42. The van der Waals surface area contributed by atoms with E-state index in [1.807, 2.05) is 0 Å². The van der Waals surface area contributed by atoms with Gasteiger partial charge in [0, 0.05) is 6.54 Å². The first kappa shape index (κ1) is 11.2. The van der Waals surface area contributed by atoms with Crippen molar-refractivity contribution in [1.82, 2.24) is 5.32 Å². The van der Waals surface area contributed by atoms with Gasteiger partial charge in [0.05, 0.1) is 6.10 Å². The summed E-state index contributed by atoms with van der Waals surface area (Å²) in [6, 6.07) is 4.38. The van der Waals surface area contributed by atoms with Crippen molar-refractivity contribution in [2.75, 3.05) is 13.1 Å². The fourth-order valence-corrected chi connectivity index (χ4v) is 1.61. The smallest absolute Gasteiger partial charge is 0.157 e. The summed E-state index contributed by atoms with van der Waals surface area (Å²) in [6.07, 6.45) is 1.91. The van der Waals surface area contributed by atoms with E-state index in [-0.39, 0.29) is 11.5 Å². The minimum Gasteiger partial charge on any atom is -0.504 e. The molecular weight excluding hydrogens is 206 g/mol. The van der Waals surface area contributed by atoms with Crippen molar-refractivity contribution in [1.29, 1.82) is 0 Å². The summed E-state index contributed by atoms with van der Waals surface area (Å²) in [5.74, 6) is 0.418. The maximum atomic E-state index is 9.81. The van der Waals surface area contributed by atoms with Gasteiger partial charge in [0.15, 0.2) is 11.5 Å². The number of phenolic OH excluding ortho intramolecular Hbond substituents is 2. The highest BCUT2D eigenvalue weighted by molar-refractivity contribution is 5.41. The molecule has 1 aromatic carbocycles. The van der Waals surface area contributed by atoms with Crippen LogP contribution in [0.2, 0.25) is 0 Å². The molecule has 4 N–H and O–H groups in total. The first-order chi connectivity index (χ1) is 7.66. The van der Waals surface area contributed by atoms with E-state index in [1.54, 1.807) is 6.07 Å². The van der Waals surface area contributed by atoms with Crippen LogP contribution in [-0.2, 0) is 0 Å². The number of aromatic hydroxyl groups is 2. The molecule has 4 heteroatoms. The molecule has 16 heavy (non-hydrogen) atoms. The summed E-state index contributed by atoms with van der Waals surface area (Å²) in [4.78, 5) is 0. The van der Waals surface area contributed by atoms with Crippen molar-refractivity contribution in [3.8, 4) is 11.5 Å². The van der Waals surface area contributed by atoms with Crippen molar-refractivity contribution in [3.05, 3.63) is 23.8 Å². The molecule has 1 aliphatic carbocycles. The predicted octanol–water partition coefficient (Wildman–Crippen LogP) is 1.13. The second kappa shape index (κ2) is 4.72. The number of nitrogens with one attached hydrogen (secondary N) is 1. The summed E-state index contributed by atoms with van der Waals surface area (Å²) in [5.41, 5.74) is 0.610. The molecule has 0 spiro atoms. The molecule has 1 atom stereocenters. The number of hydrogen-bond donors (Lipinski definition) is 4. The van der Waals surface area contributed by atoms with Gasteiger partial charge in [0.25, 0.3) is 0 Å². The molecule has 2 rings (SSSR count). The van der Waals surface area contributed by atoms with Crippen LogP contribution in [0.1, 0.15) is 24.5 Å². The van der Waals surface area contributed by atoms with Crippen LogP contribution >= 0.6 is 0 Å². The van der Waals surface area contributed by atoms with Crippen molar-refractivity contribution in [2.24, 2.45) is 5.92 Å². The Morgan fingerprint density at radius 3 is 2.62 bits per heavy atom. The first-order valence-electron chi connectivity index (χ1n) is 5.57. The van der Waals surface area contributed by atoms with Gasteiger partial charge in [0.1, 0.15) is 0 Å². The monoisotopic (exact) mass is 223 g/mol. The van der Waals surface area contributed by atoms with E-state index in [9.17, 15) is 10.2 Å². The molecule has 0 heterocycles. The fraction of sp³-hybridized carbons (Fsp3) is 0.500. The van der Waals surface area contributed by atoms with Gasteiger partial charge < -0.3 is 20.6 Å². The van der Waals surface area contributed by atoms with Crippen LogP contribution in [0.15, 0.2) is 18.2 Å². The minimum absolute atomic E-state index is 0.165. The summed E-state index contributed by atoms with van der Waals surface area (Å²) < 4.78 is 0. The molecular formula is C12H17NO3. The van der Waals surface area contributed by atoms with Gasteiger partial charge in [-0.1, -0.05) is 6.07 Å². The second-order valence-corrected chi connectivity index (χ2v) is 4.37. The largest absolute Gasteiger partial charge is 0.504 e. The Morgan fingerprint density at radius 2 is 2.00 bits per heavy atom. The van der Waals surface area contributed by atoms with Crippen LogP contribution in [0.5, 0.6) is 11.5 Å². The van der Waals surface area contributed by atoms with E-state index in [1.165, 1.54) is 25.0 Å². The standard InChI is InChI=1S/C12H17NO3/c14-10-4-3-9(5-11(10)15)12(16)7-13-6-8-1-2-8/h3-5,8,12-16H,1-2,6-7H2. The lowest BCUT2D eigenvalue weighted by molar-refractivity contribution is 0.174. The molecule has 1 unspecified atom stereocenters. The van der Waals surface area contributed by atoms with E-state index in [2.05, 4.69) is 5.32 Å². The Morgan fingerprint density at radius 1 is 1.25 bits per heavy atom. The zero-order valence-corrected chi connectivity index (χ0v) is 9.06. The molecule has 1 aromatic rings. The average Bonchev–Trinajstić information content (AvgIpc) is 3.06. The zero-order valence-electron chi connectivity index (χ0n) is 9.06. The fourth-order valence-electron chi connectivity index (χ4n) is 1.61. The van der Waals surface area contributed by atoms with Gasteiger partial charge in [-0.3, -0.25) is 0 Å². The molecule has 88 valence electrons. The van der Waals surface area contributed by atoms with E-state index >= 15 is 0 Å². The number of phenols is 2. The van der Waals surface area contributed by atoms with E-state index in [0.29, 0.717) is 12.1 Å². The quantitative estimate of drug-likeness (QED) is 0.565. The average molecular weight is 223 g/mol. The minimum atomic E-state index is -0.648. The molecule has 0 aliphatic heterocycles. The Balaban J connectivity index is 1.86. The Hall–Kier alpha value is -1.26. The van der Waals surface area contributed by atoms with Gasteiger partial charge in [-0.25, -0.2) is 0 Å². The van der Waals surface area contributed by atoms with Crippen molar-refractivity contribution in [2.45, 2.75) is 18.9 Å². The summed E-state index contributed by atoms with van der Waals surface area (Å²) in [5, 5.41) is 31.4. The molecule has 0 amide bonds. The second-order valence-electron chi connectivity index (χ2n) is 4.37. The third kappa shape index (κ3) is 2.87. The van der Waals surface area contributed by atoms with E-state index in [4.69, 9.17) is 5.11 Å². The van der Waals surface area contributed by atoms with E-state index < -0.39 is 6.10 Å². The molecule has 0 radical (unpaired) electrons. The molecule has 0 aromatic heterocycles. The highest BCUT2D eigenvalue weighted by Gasteiger charge is 2.20. The molecule has 1 fully saturated rings. The Bertz CT molecular complexity index is 363. The first-order valence-corrected chi connectivity index (χ1v) is 5.57. The van der Waals surface area contributed by atoms with Crippen LogP contribution in [-0.4, -0.2) is 28.4 Å². The van der Waals surface area contributed by atoms with Crippen LogP contribution in [0.4, 0.5) is 0 Å². The van der Waals surface area contributed by atoms with Gasteiger partial charge in [-0.05, 0) is 43.0 Å². The van der Waals surface area contributed by atoms with Crippen LogP contribution < -0.4 is 5.32 Å². The molecule has 1 aliphatic rings. The van der Waals surface area contributed by atoms with Crippen LogP contribution in [0.25, 0.3) is 0 Å². The number of hydrogen-bond acceptors (Lipinski definition) is 4. The lowest BCUT2D eigenvalue weighted by Gasteiger charge is -2.12. The van der Waals surface area contributed by atoms with Crippen molar-refractivity contribution in [3.63, 3.8) is 0 Å². The number of rotatable bonds is 5. The number of aliphatic hydroxyl groups excluding tert-OH is 1. The lowest BCUT2D eigenvalue weighted by atomic mass is 10.1. The SMILES string of the molecule is Oc1ccc(C(O)CNCC2CC2)cc1O. The Labute approximate surface area is 94.5 Å². The predicted molar refractivity (Wildman–Crippen MR) is 60.3 cm³/mol. The third-order valence-electron chi connectivity index (χ3n) is 2.85. The Kier molecular flexibility index (Phi) is 3.31. The third-order valence-corrected chi connectivity index (χ3v) is 2.85. The van der Waals surface area contributed by atoms with Crippen LogP contribution in [0.3, 0.4) is 0 Å². The maximum Gasteiger partial charge on any atom is 0.157 e. The summed E-state index contributed by atoms with van der Waals surface area (Å²) in [7, 11) is 0.